The minimum Gasteiger partial charge on any atom is -0.497 e. The monoisotopic (exact) mass is 376 g/mol. The molecular weight excluding hydrogens is 352 g/mol. The van der Waals surface area contributed by atoms with E-state index in [1.807, 2.05) is 12.1 Å². The van der Waals surface area contributed by atoms with Crippen LogP contribution in [0.1, 0.15) is 5.56 Å². The molecule has 2 aromatic rings. The van der Waals surface area contributed by atoms with E-state index in [-0.39, 0.29) is 4.90 Å². The summed E-state index contributed by atoms with van der Waals surface area (Å²) in [5, 5.41) is 0. The smallest absolute Gasteiger partial charge is 0.240 e. The number of rotatable bonds is 7. The van der Waals surface area contributed by atoms with Crippen LogP contribution in [0.3, 0.4) is 0 Å². The zero-order chi connectivity index (χ0) is 18.4. The maximum atomic E-state index is 12.3. The van der Waals surface area contributed by atoms with Crippen LogP contribution in [0.2, 0.25) is 0 Å². The lowest BCUT2D eigenvalue weighted by molar-refractivity contribution is 0.122. The largest absolute Gasteiger partial charge is 0.497 e. The highest BCUT2D eigenvalue weighted by Crippen LogP contribution is 2.17. The van der Waals surface area contributed by atoms with Crippen LogP contribution in [0.4, 0.5) is 5.69 Å². The minimum atomic E-state index is -3.51. The molecule has 0 amide bonds. The van der Waals surface area contributed by atoms with Crippen LogP contribution in [-0.2, 0) is 21.2 Å². The average molecular weight is 376 g/mol. The summed E-state index contributed by atoms with van der Waals surface area (Å²) in [6.07, 6.45) is 0.638. The number of morpholine rings is 1. The molecule has 1 fully saturated rings. The molecule has 0 atom stereocenters. The van der Waals surface area contributed by atoms with E-state index < -0.39 is 10.0 Å². The van der Waals surface area contributed by atoms with Crippen molar-refractivity contribution in [3.63, 3.8) is 0 Å². The van der Waals surface area contributed by atoms with E-state index in [0.717, 1.165) is 31.9 Å². The van der Waals surface area contributed by atoms with Crippen molar-refractivity contribution < 1.29 is 17.9 Å². The molecule has 1 saturated heterocycles. The van der Waals surface area contributed by atoms with Gasteiger partial charge < -0.3 is 14.4 Å². The van der Waals surface area contributed by atoms with Gasteiger partial charge in [-0.1, -0.05) is 12.1 Å². The molecule has 140 valence electrons. The van der Waals surface area contributed by atoms with E-state index in [1.165, 1.54) is 17.8 Å². The van der Waals surface area contributed by atoms with Crippen molar-refractivity contribution in [1.82, 2.24) is 4.72 Å². The van der Waals surface area contributed by atoms with Gasteiger partial charge in [-0.2, -0.15) is 0 Å². The lowest BCUT2D eigenvalue weighted by Gasteiger charge is -2.28. The fourth-order valence-corrected chi connectivity index (χ4v) is 3.89. The third kappa shape index (κ3) is 4.75. The Kier molecular flexibility index (Phi) is 6.13. The highest BCUT2D eigenvalue weighted by Gasteiger charge is 2.14. The third-order valence-electron chi connectivity index (χ3n) is 4.39. The second-order valence-electron chi connectivity index (χ2n) is 6.09. The molecule has 0 aliphatic carbocycles. The molecule has 1 N–H and O–H groups in total. The number of nitrogens with one attached hydrogen (secondary N) is 1. The van der Waals surface area contributed by atoms with Crippen molar-refractivity contribution in [2.24, 2.45) is 0 Å². The molecule has 1 aliphatic rings. The van der Waals surface area contributed by atoms with Gasteiger partial charge in [-0.25, -0.2) is 13.1 Å². The summed E-state index contributed by atoms with van der Waals surface area (Å²) in [5.74, 6) is 0.629. The van der Waals surface area contributed by atoms with Crippen LogP contribution in [-0.4, -0.2) is 48.4 Å². The van der Waals surface area contributed by atoms with Crippen LogP contribution in [0.5, 0.6) is 5.75 Å². The lowest BCUT2D eigenvalue weighted by atomic mass is 10.1. The fourth-order valence-electron chi connectivity index (χ4n) is 2.86. The van der Waals surface area contributed by atoms with Gasteiger partial charge >= 0.3 is 0 Å². The summed E-state index contributed by atoms with van der Waals surface area (Å²) in [6, 6.07) is 14.6. The van der Waals surface area contributed by atoms with Crippen molar-refractivity contribution in [2.45, 2.75) is 11.3 Å². The summed E-state index contributed by atoms with van der Waals surface area (Å²) < 4.78 is 37.7. The molecule has 6 nitrogen and oxygen atoms in total. The Balaban J connectivity index is 1.53. The Labute approximate surface area is 154 Å². The average Bonchev–Trinajstić information content (AvgIpc) is 2.69. The number of nitrogens with zero attached hydrogens (tertiary/aromatic N) is 1. The molecule has 3 rings (SSSR count). The van der Waals surface area contributed by atoms with E-state index in [0.29, 0.717) is 18.7 Å². The standard InChI is InChI=1S/C19H24N2O4S/c1-24-18-6-8-19(9-7-18)26(22,23)20-11-10-16-2-4-17(5-3-16)21-12-14-25-15-13-21/h2-9,20H,10-15H2,1H3. The Morgan fingerprint density at radius 2 is 1.69 bits per heavy atom. The molecule has 0 saturated carbocycles. The number of benzene rings is 2. The summed E-state index contributed by atoms with van der Waals surface area (Å²) in [7, 11) is -1.96. The first-order valence-corrected chi connectivity index (χ1v) is 10.1. The van der Waals surface area contributed by atoms with Gasteiger partial charge in [-0.15, -0.1) is 0 Å². The van der Waals surface area contributed by atoms with Crippen molar-refractivity contribution >= 4 is 15.7 Å². The molecule has 0 aromatic heterocycles. The highest BCUT2D eigenvalue weighted by atomic mass is 32.2. The van der Waals surface area contributed by atoms with E-state index in [4.69, 9.17) is 9.47 Å². The Bertz CT molecular complexity index is 798. The number of hydrogen-bond acceptors (Lipinski definition) is 5. The SMILES string of the molecule is COc1ccc(S(=O)(=O)NCCc2ccc(N3CCOCC3)cc2)cc1. The second-order valence-corrected chi connectivity index (χ2v) is 7.86. The zero-order valence-corrected chi connectivity index (χ0v) is 15.7. The quantitative estimate of drug-likeness (QED) is 0.801. The van der Waals surface area contributed by atoms with Gasteiger partial charge in [-0.3, -0.25) is 0 Å². The number of sulfonamides is 1. The first-order valence-electron chi connectivity index (χ1n) is 8.64. The predicted octanol–water partition coefficient (Wildman–Crippen LogP) is 2.05. The molecule has 0 bridgehead atoms. The Hall–Kier alpha value is -2.09. The zero-order valence-electron chi connectivity index (χ0n) is 14.8. The van der Waals surface area contributed by atoms with Gasteiger partial charge in [0.05, 0.1) is 25.2 Å². The predicted molar refractivity (Wildman–Crippen MR) is 101 cm³/mol. The van der Waals surface area contributed by atoms with E-state index in [1.54, 1.807) is 19.2 Å². The van der Waals surface area contributed by atoms with Gasteiger partial charge in [0.2, 0.25) is 10.0 Å². The Morgan fingerprint density at radius 3 is 2.31 bits per heavy atom. The molecule has 0 unspecified atom stereocenters. The summed E-state index contributed by atoms with van der Waals surface area (Å²) >= 11 is 0. The van der Waals surface area contributed by atoms with Gasteiger partial charge in [0.15, 0.2) is 0 Å². The maximum absolute atomic E-state index is 12.3. The number of hydrogen-bond donors (Lipinski definition) is 1. The van der Waals surface area contributed by atoms with Crippen LogP contribution in [0, 0.1) is 0 Å². The maximum Gasteiger partial charge on any atom is 0.240 e. The van der Waals surface area contributed by atoms with Gasteiger partial charge in [0, 0.05) is 25.3 Å². The molecule has 2 aromatic carbocycles. The molecule has 7 heteroatoms. The number of methoxy groups -OCH3 is 1. The van der Waals surface area contributed by atoms with Crippen LogP contribution >= 0.6 is 0 Å². The highest BCUT2D eigenvalue weighted by molar-refractivity contribution is 7.89. The summed E-state index contributed by atoms with van der Waals surface area (Å²) in [6.45, 7) is 3.68. The van der Waals surface area contributed by atoms with E-state index >= 15 is 0 Å². The molecule has 0 spiro atoms. The van der Waals surface area contributed by atoms with E-state index in [2.05, 4.69) is 21.8 Å². The van der Waals surface area contributed by atoms with Crippen molar-refractivity contribution in [2.75, 3.05) is 44.9 Å². The van der Waals surface area contributed by atoms with Gasteiger partial charge in [0.1, 0.15) is 5.75 Å². The second kappa shape index (κ2) is 8.53. The molecular formula is C19H24N2O4S. The molecule has 1 aliphatic heterocycles. The van der Waals surface area contributed by atoms with Gasteiger partial charge in [0.25, 0.3) is 0 Å². The third-order valence-corrected chi connectivity index (χ3v) is 5.86. The normalized spacial score (nSPS) is 15.0. The first-order chi connectivity index (χ1) is 12.6. The summed E-state index contributed by atoms with van der Waals surface area (Å²) in [5.41, 5.74) is 2.27. The fraction of sp³-hybridized carbons (Fsp3) is 0.368. The molecule has 0 radical (unpaired) electrons. The first kappa shape index (κ1) is 18.7. The summed E-state index contributed by atoms with van der Waals surface area (Å²) in [4.78, 5) is 2.53. The number of anilines is 1. The van der Waals surface area contributed by atoms with Crippen LogP contribution in [0.15, 0.2) is 53.4 Å². The van der Waals surface area contributed by atoms with Crippen molar-refractivity contribution in [3.8, 4) is 5.75 Å². The lowest BCUT2D eigenvalue weighted by Crippen LogP contribution is -2.36. The van der Waals surface area contributed by atoms with Gasteiger partial charge in [-0.05, 0) is 48.4 Å². The van der Waals surface area contributed by atoms with Crippen molar-refractivity contribution in [1.29, 1.82) is 0 Å². The van der Waals surface area contributed by atoms with E-state index in [9.17, 15) is 8.42 Å². The topological polar surface area (TPSA) is 67.9 Å². The van der Waals surface area contributed by atoms with Crippen molar-refractivity contribution in [3.05, 3.63) is 54.1 Å². The van der Waals surface area contributed by atoms with Crippen LogP contribution in [0.25, 0.3) is 0 Å². The Morgan fingerprint density at radius 1 is 1.04 bits per heavy atom. The number of ether oxygens (including phenoxy) is 2. The minimum absolute atomic E-state index is 0.237. The van der Waals surface area contributed by atoms with Crippen LogP contribution < -0.4 is 14.4 Å². The molecule has 1 heterocycles. The molecule has 26 heavy (non-hydrogen) atoms.